The van der Waals surface area contributed by atoms with Gasteiger partial charge in [-0.25, -0.2) is 0 Å². The molecular formula is C16H20ClNO3. The molecule has 1 fully saturated rings. The van der Waals surface area contributed by atoms with Crippen LogP contribution >= 0.6 is 11.6 Å². The maximum absolute atomic E-state index is 13.0. The maximum Gasteiger partial charge on any atom is 0.323 e. The maximum atomic E-state index is 13.0. The first kappa shape index (κ1) is 15.8. The highest BCUT2D eigenvalue weighted by molar-refractivity contribution is 6.31. The highest BCUT2D eigenvalue weighted by atomic mass is 35.5. The summed E-state index contributed by atoms with van der Waals surface area (Å²) in [6.07, 6.45) is 4.45. The van der Waals surface area contributed by atoms with E-state index in [0.29, 0.717) is 10.7 Å². The van der Waals surface area contributed by atoms with Crippen LogP contribution in [0.3, 0.4) is 0 Å². The SMILES string of the molecule is CCC1(C(=O)N(CC(=O)O)c2cccc(Cl)c2)CCCC1. The summed E-state index contributed by atoms with van der Waals surface area (Å²) in [7, 11) is 0. The lowest BCUT2D eigenvalue weighted by atomic mass is 9.81. The summed E-state index contributed by atoms with van der Waals surface area (Å²) in [5.41, 5.74) is 0.132. The summed E-state index contributed by atoms with van der Waals surface area (Å²) >= 11 is 5.97. The van der Waals surface area contributed by atoms with Crippen LogP contribution in [0, 0.1) is 5.41 Å². The van der Waals surface area contributed by atoms with Crippen molar-refractivity contribution in [2.24, 2.45) is 5.41 Å². The Balaban J connectivity index is 2.35. The van der Waals surface area contributed by atoms with Gasteiger partial charge in [-0.15, -0.1) is 0 Å². The zero-order chi connectivity index (χ0) is 15.5. The fraction of sp³-hybridized carbons (Fsp3) is 0.500. The van der Waals surface area contributed by atoms with Gasteiger partial charge in [0, 0.05) is 16.1 Å². The summed E-state index contributed by atoms with van der Waals surface area (Å²) in [4.78, 5) is 25.5. The van der Waals surface area contributed by atoms with E-state index in [2.05, 4.69) is 0 Å². The van der Waals surface area contributed by atoms with Gasteiger partial charge in [0.1, 0.15) is 6.54 Å². The van der Waals surface area contributed by atoms with Gasteiger partial charge >= 0.3 is 5.97 Å². The molecule has 0 unspecified atom stereocenters. The largest absolute Gasteiger partial charge is 0.480 e. The molecule has 114 valence electrons. The number of carbonyl (C=O) groups is 2. The van der Waals surface area contributed by atoms with Crippen molar-refractivity contribution in [1.82, 2.24) is 0 Å². The minimum Gasteiger partial charge on any atom is -0.480 e. The summed E-state index contributed by atoms with van der Waals surface area (Å²) in [5.74, 6) is -1.11. The van der Waals surface area contributed by atoms with Gasteiger partial charge in [0.05, 0.1) is 0 Å². The van der Waals surface area contributed by atoms with Crippen LogP contribution in [0.4, 0.5) is 5.69 Å². The van der Waals surface area contributed by atoms with E-state index < -0.39 is 11.4 Å². The van der Waals surface area contributed by atoms with Gasteiger partial charge in [-0.2, -0.15) is 0 Å². The van der Waals surface area contributed by atoms with Gasteiger partial charge in [-0.3, -0.25) is 9.59 Å². The Kier molecular flexibility index (Phi) is 4.88. The fourth-order valence-electron chi connectivity index (χ4n) is 3.12. The number of benzene rings is 1. The molecule has 0 radical (unpaired) electrons. The van der Waals surface area contributed by atoms with Crippen molar-refractivity contribution < 1.29 is 14.7 Å². The number of hydrogen-bond acceptors (Lipinski definition) is 2. The molecule has 1 saturated carbocycles. The number of amides is 1. The molecule has 0 aliphatic heterocycles. The number of halogens is 1. The second kappa shape index (κ2) is 6.48. The number of hydrogen-bond donors (Lipinski definition) is 1. The molecule has 0 aromatic heterocycles. The zero-order valence-electron chi connectivity index (χ0n) is 12.1. The van der Waals surface area contributed by atoms with Crippen LogP contribution in [0.15, 0.2) is 24.3 Å². The number of aliphatic carboxylic acids is 1. The van der Waals surface area contributed by atoms with Crippen molar-refractivity contribution >= 4 is 29.2 Å². The van der Waals surface area contributed by atoms with E-state index in [-0.39, 0.29) is 12.5 Å². The lowest BCUT2D eigenvalue weighted by Gasteiger charge is -2.33. The molecule has 0 bridgehead atoms. The quantitative estimate of drug-likeness (QED) is 0.901. The fourth-order valence-corrected chi connectivity index (χ4v) is 3.30. The number of carbonyl (C=O) groups excluding carboxylic acids is 1. The Morgan fingerprint density at radius 2 is 2.00 bits per heavy atom. The van der Waals surface area contributed by atoms with Crippen LogP contribution in [-0.2, 0) is 9.59 Å². The van der Waals surface area contributed by atoms with E-state index in [1.165, 1.54) is 4.90 Å². The van der Waals surface area contributed by atoms with E-state index in [4.69, 9.17) is 16.7 Å². The van der Waals surface area contributed by atoms with E-state index >= 15 is 0 Å². The number of carboxylic acid groups (broad SMARTS) is 1. The zero-order valence-corrected chi connectivity index (χ0v) is 12.9. The van der Waals surface area contributed by atoms with Crippen molar-refractivity contribution in [2.45, 2.75) is 39.0 Å². The van der Waals surface area contributed by atoms with Crippen molar-refractivity contribution in [3.05, 3.63) is 29.3 Å². The number of nitrogens with zero attached hydrogens (tertiary/aromatic N) is 1. The van der Waals surface area contributed by atoms with Crippen molar-refractivity contribution in [2.75, 3.05) is 11.4 Å². The average molecular weight is 310 g/mol. The molecule has 4 nitrogen and oxygen atoms in total. The predicted molar refractivity (Wildman–Crippen MR) is 82.6 cm³/mol. The van der Waals surface area contributed by atoms with Crippen LogP contribution in [-0.4, -0.2) is 23.5 Å². The Labute approximate surface area is 129 Å². The van der Waals surface area contributed by atoms with Crippen LogP contribution in [0.25, 0.3) is 0 Å². The van der Waals surface area contributed by atoms with E-state index in [1.807, 2.05) is 6.92 Å². The van der Waals surface area contributed by atoms with E-state index in [9.17, 15) is 9.59 Å². The molecule has 5 heteroatoms. The standard InChI is InChI=1S/C16H20ClNO3/c1-2-16(8-3-4-9-16)15(21)18(11-14(19)20)13-7-5-6-12(17)10-13/h5-7,10H,2-4,8-9,11H2,1H3,(H,19,20). The van der Waals surface area contributed by atoms with Gasteiger partial charge < -0.3 is 10.0 Å². The van der Waals surface area contributed by atoms with E-state index in [1.54, 1.807) is 24.3 Å². The Bertz CT molecular complexity index is 538. The molecule has 0 saturated heterocycles. The molecular weight excluding hydrogens is 290 g/mol. The Morgan fingerprint density at radius 1 is 1.33 bits per heavy atom. The predicted octanol–water partition coefficient (Wildman–Crippen LogP) is 3.73. The molecule has 21 heavy (non-hydrogen) atoms. The van der Waals surface area contributed by atoms with Crippen LogP contribution in [0.5, 0.6) is 0 Å². The first-order chi connectivity index (χ1) is 9.98. The monoisotopic (exact) mass is 309 g/mol. The highest BCUT2D eigenvalue weighted by Gasteiger charge is 2.42. The Morgan fingerprint density at radius 3 is 2.52 bits per heavy atom. The van der Waals surface area contributed by atoms with Gasteiger partial charge in [-0.1, -0.05) is 37.4 Å². The summed E-state index contributed by atoms with van der Waals surface area (Å²) < 4.78 is 0. The molecule has 1 amide bonds. The van der Waals surface area contributed by atoms with Gasteiger partial charge in [0.2, 0.25) is 5.91 Å². The molecule has 1 aromatic carbocycles. The topological polar surface area (TPSA) is 57.6 Å². The minimum absolute atomic E-state index is 0.0906. The normalized spacial score (nSPS) is 16.7. The van der Waals surface area contributed by atoms with Gasteiger partial charge in [0.25, 0.3) is 0 Å². The average Bonchev–Trinajstić information content (AvgIpc) is 2.94. The van der Waals surface area contributed by atoms with Gasteiger partial charge in [0.15, 0.2) is 0 Å². The van der Waals surface area contributed by atoms with Gasteiger partial charge in [-0.05, 0) is 37.5 Å². The molecule has 1 aliphatic carbocycles. The molecule has 0 atom stereocenters. The molecule has 1 aliphatic rings. The third-order valence-corrected chi connectivity index (χ3v) is 4.58. The van der Waals surface area contributed by atoms with E-state index in [0.717, 1.165) is 32.1 Å². The number of rotatable bonds is 5. The van der Waals surface area contributed by atoms with Crippen molar-refractivity contribution in [3.63, 3.8) is 0 Å². The second-order valence-corrected chi connectivity index (χ2v) is 6.04. The third kappa shape index (κ3) is 3.38. The lowest BCUT2D eigenvalue weighted by molar-refractivity contribution is -0.138. The molecule has 1 aromatic rings. The van der Waals surface area contributed by atoms with Crippen molar-refractivity contribution in [3.8, 4) is 0 Å². The molecule has 0 spiro atoms. The smallest absolute Gasteiger partial charge is 0.323 e. The summed E-state index contributed by atoms with van der Waals surface area (Å²) in [6.45, 7) is 1.67. The van der Waals surface area contributed by atoms with Crippen LogP contribution < -0.4 is 4.90 Å². The second-order valence-electron chi connectivity index (χ2n) is 5.61. The van der Waals surface area contributed by atoms with Crippen LogP contribution in [0.2, 0.25) is 5.02 Å². The van der Waals surface area contributed by atoms with Crippen molar-refractivity contribution in [1.29, 1.82) is 0 Å². The molecule has 1 N–H and O–H groups in total. The molecule has 2 rings (SSSR count). The summed E-state index contributed by atoms with van der Waals surface area (Å²) in [5, 5.41) is 9.63. The number of carboxylic acids is 1. The minimum atomic E-state index is -1.02. The first-order valence-corrected chi connectivity index (χ1v) is 7.65. The Hall–Kier alpha value is -1.55. The summed E-state index contributed by atoms with van der Waals surface area (Å²) in [6, 6.07) is 6.80. The lowest BCUT2D eigenvalue weighted by Crippen LogP contribution is -2.45. The first-order valence-electron chi connectivity index (χ1n) is 7.28. The number of anilines is 1. The molecule has 0 heterocycles. The third-order valence-electron chi connectivity index (χ3n) is 4.35. The highest BCUT2D eigenvalue weighted by Crippen LogP contribution is 2.43. The van der Waals surface area contributed by atoms with Crippen LogP contribution in [0.1, 0.15) is 39.0 Å².